The van der Waals surface area contributed by atoms with E-state index in [1.54, 1.807) is 42.5 Å². The number of carbonyl (C=O) groups excluding carboxylic acids is 1. The highest BCUT2D eigenvalue weighted by atomic mass is 35.5. The lowest BCUT2D eigenvalue weighted by atomic mass is 10.2. The highest BCUT2D eigenvalue weighted by molar-refractivity contribution is 6.30. The Morgan fingerprint density at radius 3 is 2.80 bits per heavy atom. The molecular weight excluding hydrogens is 280 g/mol. The lowest BCUT2D eigenvalue weighted by Gasteiger charge is -2.02. The van der Waals surface area contributed by atoms with Crippen molar-refractivity contribution in [2.24, 2.45) is 5.16 Å². The summed E-state index contributed by atoms with van der Waals surface area (Å²) in [6.07, 6.45) is 0.492. The molecular formula is C14H11ClN2O3. The summed E-state index contributed by atoms with van der Waals surface area (Å²) in [5.74, 6) is 0.0510. The molecule has 0 aliphatic rings. The van der Waals surface area contributed by atoms with Gasteiger partial charge < -0.3 is 5.11 Å². The molecule has 2 aromatic carbocycles. The van der Waals surface area contributed by atoms with Gasteiger partial charge in [0.25, 0.3) is 0 Å². The zero-order valence-corrected chi connectivity index (χ0v) is 11.0. The van der Waals surface area contributed by atoms with Crippen molar-refractivity contribution < 1.29 is 14.7 Å². The number of para-hydroxylation sites is 1. The zero-order valence-electron chi connectivity index (χ0n) is 10.3. The van der Waals surface area contributed by atoms with Gasteiger partial charge in [0.05, 0.1) is 6.21 Å². The summed E-state index contributed by atoms with van der Waals surface area (Å²) >= 11 is 5.78. The number of nitrogens with one attached hydrogen (secondary N) is 1. The van der Waals surface area contributed by atoms with E-state index in [0.29, 0.717) is 16.3 Å². The average molecular weight is 291 g/mol. The number of amides is 1. The molecule has 0 unspecified atom stereocenters. The average Bonchev–Trinajstić information content (AvgIpc) is 2.41. The molecule has 0 fully saturated rings. The smallest absolute Gasteiger partial charge is 0.437 e. The molecule has 0 atom stereocenters. The number of halogens is 1. The maximum atomic E-state index is 11.4. The van der Waals surface area contributed by atoms with Gasteiger partial charge in [-0.2, -0.15) is 0 Å². The van der Waals surface area contributed by atoms with Gasteiger partial charge in [-0.3, -0.25) is 10.2 Å². The largest absolute Gasteiger partial charge is 0.507 e. The Morgan fingerprint density at radius 1 is 1.25 bits per heavy atom. The molecule has 0 aliphatic carbocycles. The first-order valence-corrected chi connectivity index (χ1v) is 6.08. The van der Waals surface area contributed by atoms with Gasteiger partial charge in [0.2, 0.25) is 0 Å². The summed E-state index contributed by atoms with van der Waals surface area (Å²) in [6, 6.07) is 13.2. The van der Waals surface area contributed by atoms with E-state index in [1.165, 1.54) is 12.3 Å². The molecule has 0 bridgehead atoms. The zero-order chi connectivity index (χ0) is 14.4. The molecule has 0 radical (unpaired) electrons. The minimum absolute atomic E-state index is 0.0510. The van der Waals surface area contributed by atoms with Gasteiger partial charge in [-0.15, -0.1) is 0 Å². The van der Waals surface area contributed by atoms with Gasteiger partial charge in [0.15, 0.2) is 0 Å². The maximum Gasteiger partial charge on any atom is 0.437 e. The highest BCUT2D eigenvalue weighted by Gasteiger charge is 2.03. The van der Waals surface area contributed by atoms with Gasteiger partial charge in [0.1, 0.15) is 5.75 Å². The second kappa shape index (κ2) is 6.58. The first-order valence-electron chi connectivity index (χ1n) is 5.70. The number of aromatic hydroxyl groups is 1. The molecule has 0 aromatic heterocycles. The summed E-state index contributed by atoms with van der Waals surface area (Å²) in [5.41, 5.74) is 0.948. The van der Waals surface area contributed by atoms with E-state index in [4.69, 9.17) is 11.6 Å². The molecule has 5 nitrogen and oxygen atoms in total. The van der Waals surface area contributed by atoms with Crippen LogP contribution in [0, 0.1) is 0 Å². The monoisotopic (exact) mass is 290 g/mol. The molecule has 20 heavy (non-hydrogen) atoms. The first-order chi connectivity index (χ1) is 9.65. The molecule has 0 aliphatic heterocycles. The summed E-state index contributed by atoms with van der Waals surface area (Å²) in [5, 5.41) is 15.9. The molecule has 0 spiro atoms. The van der Waals surface area contributed by atoms with Crippen LogP contribution in [-0.2, 0) is 4.84 Å². The van der Waals surface area contributed by atoms with E-state index in [0.717, 1.165) is 0 Å². The van der Waals surface area contributed by atoms with E-state index in [-0.39, 0.29) is 5.75 Å². The van der Waals surface area contributed by atoms with Gasteiger partial charge in [-0.05, 0) is 30.3 Å². The number of phenols is 1. The Hall–Kier alpha value is -2.53. The molecule has 1 amide bonds. The van der Waals surface area contributed by atoms with Crippen molar-refractivity contribution >= 4 is 29.6 Å². The topological polar surface area (TPSA) is 70.9 Å². The highest BCUT2D eigenvalue weighted by Crippen LogP contribution is 2.15. The second-order valence-electron chi connectivity index (χ2n) is 3.81. The Labute approximate surface area is 120 Å². The fraction of sp³-hybridized carbons (Fsp3) is 0. The van der Waals surface area contributed by atoms with Crippen molar-refractivity contribution in [1.82, 2.24) is 0 Å². The number of anilines is 1. The molecule has 2 rings (SSSR count). The van der Waals surface area contributed by atoms with Crippen LogP contribution >= 0.6 is 11.6 Å². The minimum atomic E-state index is -0.751. The van der Waals surface area contributed by atoms with E-state index in [9.17, 15) is 9.90 Å². The van der Waals surface area contributed by atoms with Crippen LogP contribution in [0.15, 0.2) is 53.7 Å². The Morgan fingerprint density at radius 2 is 2.05 bits per heavy atom. The van der Waals surface area contributed by atoms with Crippen molar-refractivity contribution in [3.8, 4) is 5.75 Å². The predicted molar refractivity (Wildman–Crippen MR) is 77.3 cm³/mol. The third-order valence-corrected chi connectivity index (χ3v) is 2.57. The van der Waals surface area contributed by atoms with Crippen molar-refractivity contribution in [2.75, 3.05) is 5.32 Å². The van der Waals surface area contributed by atoms with Gasteiger partial charge in [0, 0.05) is 16.3 Å². The lowest BCUT2D eigenvalue weighted by molar-refractivity contribution is 0.167. The second-order valence-corrected chi connectivity index (χ2v) is 4.24. The first kappa shape index (κ1) is 13.9. The van der Waals surface area contributed by atoms with Crippen molar-refractivity contribution in [1.29, 1.82) is 0 Å². The standard InChI is InChI=1S/C14H11ClN2O3/c15-11-5-3-6-12(8-11)17-14(19)20-16-9-10-4-1-2-7-13(10)18/h1-9,18H,(H,17,19)/b16-9-. The SMILES string of the molecule is O=C(Nc1cccc(Cl)c1)O/N=C\c1ccccc1O. The summed E-state index contributed by atoms with van der Waals surface area (Å²) in [6.45, 7) is 0. The number of rotatable bonds is 3. The number of oxime groups is 1. The molecule has 6 heteroatoms. The minimum Gasteiger partial charge on any atom is -0.507 e. The maximum absolute atomic E-state index is 11.4. The molecule has 2 N–H and O–H groups in total. The van der Waals surface area contributed by atoms with E-state index in [1.807, 2.05) is 0 Å². The van der Waals surface area contributed by atoms with Gasteiger partial charge in [-0.1, -0.05) is 35.0 Å². The van der Waals surface area contributed by atoms with Crippen LogP contribution < -0.4 is 5.32 Å². The van der Waals surface area contributed by atoms with Crippen LogP contribution in [-0.4, -0.2) is 17.4 Å². The number of nitrogens with zero attached hydrogens (tertiary/aromatic N) is 1. The van der Waals surface area contributed by atoms with Crippen molar-refractivity contribution in [2.45, 2.75) is 0 Å². The lowest BCUT2D eigenvalue weighted by Crippen LogP contribution is -2.10. The normalized spacial score (nSPS) is 10.4. The summed E-state index contributed by atoms with van der Waals surface area (Å²) < 4.78 is 0. The fourth-order valence-electron chi connectivity index (χ4n) is 1.43. The van der Waals surface area contributed by atoms with E-state index >= 15 is 0 Å². The van der Waals surface area contributed by atoms with Crippen LogP contribution in [0.5, 0.6) is 5.75 Å². The van der Waals surface area contributed by atoms with E-state index in [2.05, 4.69) is 15.3 Å². The Bertz CT molecular complexity index is 644. The summed E-state index contributed by atoms with van der Waals surface area (Å²) in [7, 11) is 0. The Balaban J connectivity index is 1.91. The number of carbonyl (C=O) groups is 1. The number of phenolic OH excluding ortho intramolecular Hbond substituents is 1. The quantitative estimate of drug-likeness (QED) is 0.515. The fourth-order valence-corrected chi connectivity index (χ4v) is 1.62. The number of benzene rings is 2. The third kappa shape index (κ3) is 4.00. The van der Waals surface area contributed by atoms with Crippen LogP contribution in [0.2, 0.25) is 5.02 Å². The van der Waals surface area contributed by atoms with Gasteiger partial charge >= 0.3 is 6.09 Å². The predicted octanol–water partition coefficient (Wildman–Crippen LogP) is 3.63. The number of hydrogen-bond acceptors (Lipinski definition) is 4. The van der Waals surface area contributed by atoms with Gasteiger partial charge in [-0.25, -0.2) is 4.79 Å². The molecule has 2 aromatic rings. The van der Waals surface area contributed by atoms with Crippen molar-refractivity contribution in [3.05, 3.63) is 59.1 Å². The molecule has 102 valence electrons. The van der Waals surface area contributed by atoms with E-state index < -0.39 is 6.09 Å². The molecule has 0 saturated heterocycles. The number of hydrogen-bond donors (Lipinski definition) is 2. The molecule has 0 heterocycles. The van der Waals surface area contributed by atoms with Crippen LogP contribution in [0.25, 0.3) is 0 Å². The van der Waals surface area contributed by atoms with Crippen LogP contribution in [0.3, 0.4) is 0 Å². The summed E-state index contributed by atoms with van der Waals surface area (Å²) in [4.78, 5) is 16.1. The molecule has 0 saturated carbocycles. The van der Waals surface area contributed by atoms with Crippen LogP contribution in [0.1, 0.15) is 5.56 Å². The third-order valence-electron chi connectivity index (χ3n) is 2.34. The Kier molecular flexibility index (Phi) is 4.57. The van der Waals surface area contributed by atoms with Crippen LogP contribution in [0.4, 0.5) is 10.5 Å². The van der Waals surface area contributed by atoms with Crippen molar-refractivity contribution in [3.63, 3.8) is 0 Å².